The van der Waals surface area contributed by atoms with Gasteiger partial charge in [0.1, 0.15) is 5.52 Å². The molecule has 0 bridgehead atoms. The van der Waals surface area contributed by atoms with Gasteiger partial charge in [-0.2, -0.15) is 0 Å². The van der Waals surface area contributed by atoms with Crippen molar-refractivity contribution in [2.24, 2.45) is 13.0 Å². The molecule has 6 nitrogen and oxygen atoms in total. The molecule has 0 aliphatic carbocycles. The Balaban J connectivity index is 1.36. The molecule has 3 aromatic rings. The largest absolute Gasteiger partial charge is 0.357 e. The second-order valence-electron chi connectivity index (χ2n) is 8.26. The van der Waals surface area contributed by atoms with Crippen LogP contribution in [0, 0.1) is 5.92 Å². The lowest BCUT2D eigenvalue weighted by molar-refractivity contribution is 0.0738. The predicted octanol–water partition coefficient (Wildman–Crippen LogP) is 3.50. The molecule has 1 aliphatic heterocycles. The minimum atomic E-state index is -0.123. The summed E-state index contributed by atoms with van der Waals surface area (Å²) < 4.78 is 1.47. The second kappa shape index (κ2) is 8.66. The van der Waals surface area contributed by atoms with E-state index in [2.05, 4.69) is 22.0 Å². The van der Waals surface area contributed by atoms with Gasteiger partial charge in [-0.25, -0.2) is 0 Å². The van der Waals surface area contributed by atoms with Gasteiger partial charge in [-0.15, -0.1) is 0 Å². The molecule has 1 fully saturated rings. The number of H-pyrrole nitrogens is 1. The van der Waals surface area contributed by atoms with Crippen LogP contribution < -0.4 is 5.56 Å². The number of aromatic amines is 1. The molecule has 0 radical (unpaired) electrons. The summed E-state index contributed by atoms with van der Waals surface area (Å²) in [6.45, 7) is 3.71. The second-order valence-corrected chi connectivity index (χ2v) is 8.69. The summed E-state index contributed by atoms with van der Waals surface area (Å²) in [7, 11) is 3.53. The summed E-state index contributed by atoms with van der Waals surface area (Å²) in [5, 5.41) is 1.45. The van der Waals surface area contributed by atoms with Gasteiger partial charge in [0.05, 0.1) is 5.56 Å². The van der Waals surface area contributed by atoms with Gasteiger partial charge >= 0.3 is 0 Å². The van der Waals surface area contributed by atoms with E-state index in [1.54, 1.807) is 30.4 Å². The van der Waals surface area contributed by atoms with Gasteiger partial charge in [0, 0.05) is 50.0 Å². The predicted molar refractivity (Wildman–Crippen MR) is 120 cm³/mol. The third-order valence-corrected chi connectivity index (χ3v) is 6.28. The van der Waals surface area contributed by atoms with E-state index >= 15 is 0 Å². The SMILES string of the molecule is CN(CC1CCN(Cc2ccc(Cl)cc2)CC1)C(=O)c1cn(C)c(=O)c2[nH]ccc12. The van der Waals surface area contributed by atoms with Gasteiger partial charge < -0.3 is 14.5 Å². The molecule has 30 heavy (non-hydrogen) atoms. The number of rotatable bonds is 5. The third-order valence-electron chi connectivity index (χ3n) is 6.03. The average Bonchev–Trinajstić information content (AvgIpc) is 3.23. The van der Waals surface area contributed by atoms with Crippen LogP contribution in [0.4, 0.5) is 0 Å². The minimum Gasteiger partial charge on any atom is -0.357 e. The highest BCUT2D eigenvalue weighted by molar-refractivity contribution is 6.30. The summed E-state index contributed by atoms with van der Waals surface area (Å²) >= 11 is 5.97. The highest BCUT2D eigenvalue weighted by atomic mass is 35.5. The number of hydrogen-bond donors (Lipinski definition) is 1. The standard InChI is InChI=1S/C23H27ClN4O2/c1-26(22(29)20-15-27(2)23(30)21-19(20)7-10-25-21)13-17-8-11-28(12-9-17)14-16-3-5-18(24)6-4-16/h3-7,10,15,17,25H,8-9,11-14H2,1-2H3. The number of pyridine rings is 1. The quantitative estimate of drug-likeness (QED) is 0.679. The van der Waals surface area contributed by atoms with E-state index in [0.717, 1.165) is 44.0 Å². The summed E-state index contributed by atoms with van der Waals surface area (Å²) in [4.78, 5) is 32.5. The normalized spacial score (nSPS) is 15.6. The number of hydrogen-bond acceptors (Lipinski definition) is 3. The van der Waals surface area contributed by atoms with Crippen molar-refractivity contribution in [1.29, 1.82) is 0 Å². The zero-order valence-corrected chi connectivity index (χ0v) is 18.2. The van der Waals surface area contributed by atoms with Crippen LogP contribution in [0.25, 0.3) is 10.9 Å². The summed E-state index contributed by atoms with van der Waals surface area (Å²) in [6.07, 6.45) is 5.49. The van der Waals surface area contributed by atoms with Crippen LogP contribution >= 0.6 is 11.6 Å². The number of aromatic nitrogens is 2. The van der Waals surface area contributed by atoms with E-state index < -0.39 is 0 Å². The van der Waals surface area contributed by atoms with Gasteiger partial charge in [-0.05, 0) is 55.6 Å². The molecule has 0 spiro atoms. The molecule has 2 aromatic heterocycles. The van der Waals surface area contributed by atoms with Gasteiger partial charge in [-0.1, -0.05) is 23.7 Å². The van der Waals surface area contributed by atoms with Gasteiger partial charge in [-0.3, -0.25) is 14.5 Å². The third kappa shape index (κ3) is 4.30. The maximum Gasteiger partial charge on any atom is 0.274 e. The summed E-state index contributed by atoms with van der Waals surface area (Å²) in [5.74, 6) is 0.438. The number of halogens is 1. The zero-order valence-electron chi connectivity index (χ0n) is 17.4. The Morgan fingerprint density at radius 2 is 1.90 bits per heavy atom. The number of aryl methyl sites for hydroxylation is 1. The molecule has 1 aromatic carbocycles. The zero-order chi connectivity index (χ0) is 21.3. The van der Waals surface area contributed by atoms with Crippen LogP contribution in [-0.2, 0) is 13.6 Å². The highest BCUT2D eigenvalue weighted by Crippen LogP contribution is 2.22. The molecule has 158 valence electrons. The topological polar surface area (TPSA) is 61.3 Å². The number of carbonyl (C=O) groups excluding carboxylic acids is 1. The smallest absolute Gasteiger partial charge is 0.274 e. The number of piperidine rings is 1. The Morgan fingerprint density at radius 3 is 2.60 bits per heavy atom. The lowest BCUT2D eigenvalue weighted by Gasteiger charge is -2.34. The highest BCUT2D eigenvalue weighted by Gasteiger charge is 2.24. The van der Waals surface area contributed by atoms with Gasteiger partial charge in [0.2, 0.25) is 0 Å². The fraction of sp³-hybridized carbons (Fsp3) is 0.391. The number of nitrogens with zero attached hydrogens (tertiary/aromatic N) is 3. The summed E-state index contributed by atoms with van der Waals surface area (Å²) in [5.41, 5.74) is 2.20. The first-order valence-corrected chi connectivity index (χ1v) is 10.7. The lowest BCUT2D eigenvalue weighted by Crippen LogP contribution is -2.39. The van der Waals surface area contributed by atoms with Crippen LogP contribution in [0.5, 0.6) is 0 Å². The Hall–Kier alpha value is -2.57. The first-order chi connectivity index (χ1) is 14.4. The van der Waals surface area contributed by atoms with Crippen molar-refractivity contribution < 1.29 is 4.79 Å². The molecular formula is C23H27ClN4O2. The Kier molecular flexibility index (Phi) is 5.97. The molecule has 4 rings (SSSR count). The number of carbonyl (C=O) groups is 1. The molecule has 1 saturated heterocycles. The lowest BCUT2D eigenvalue weighted by atomic mass is 9.95. The van der Waals surface area contributed by atoms with Gasteiger partial charge in [0.15, 0.2) is 0 Å². The van der Waals surface area contributed by atoms with E-state index in [0.29, 0.717) is 22.4 Å². The van der Waals surface area contributed by atoms with Crippen molar-refractivity contribution in [1.82, 2.24) is 19.4 Å². The molecular weight excluding hydrogens is 400 g/mol. The molecule has 0 saturated carbocycles. The van der Waals surface area contributed by atoms with Gasteiger partial charge in [0.25, 0.3) is 11.5 Å². The van der Waals surface area contributed by atoms with E-state index in [4.69, 9.17) is 11.6 Å². The molecule has 1 amide bonds. The molecule has 0 atom stereocenters. The van der Waals surface area contributed by atoms with E-state index in [9.17, 15) is 9.59 Å². The number of fused-ring (bicyclic) bond motifs is 1. The maximum atomic E-state index is 13.1. The van der Waals surface area contributed by atoms with Crippen molar-refractivity contribution in [3.63, 3.8) is 0 Å². The monoisotopic (exact) mass is 426 g/mol. The number of benzene rings is 1. The van der Waals surface area contributed by atoms with Crippen molar-refractivity contribution in [2.45, 2.75) is 19.4 Å². The minimum absolute atomic E-state index is 0.0428. The van der Waals surface area contributed by atoms with Crippen LogP contribution in [0.1, 0.15) is 28.8 Å². The van der Waals surface area contributed by atoms with Crippen molar-refractivity contribution in [3.05, 3.63) is 69.2 Å². The Labute approximate surface area is 181 Å². The first-order valence-electron chi connectivity index (χ1n) is 10.3. The first kappa shape index (κ1) is 20.7. The molecule has 1 aliphatic rings. The Bertz CT molecular complexity index is 1090. The van der Waals surface area contributed by atoms with Crippen molar-refractivity contribution in [3.8, 4) is 0 Å². The number of amides is 1. The number of likely N-dealkylation sites (tertiary alicyclic amines) is 1. The van der Waals surface area contributed by atoms with Crippen LogP contribution in [0.2, 0.25) is 5.02 Å². The Morgan fingerprint density at radius 1 is 1.20 bits per heavy atom. The van der Waals surface area contributed by atoms with E-state index in [-0.39, 0.29) is 11.5 Å². The fourth-order valence-electron chi connectivity index (χ4n) is 4.29. The maximum absolute atomic E-state index is 13.1. The van der Waals surface area contributed by atoms with Crippen molar-refractivity contribution >= 4 is 28.4 Å². The molecule has 3 heterocycles. The average molecular weight is 427 g/mol. The van der Waals surface area contributed by atoms with Crippen LogP contribution in [-0.4, -0.2) is 51.9 Å². The van der Waals surface area contributed by atoms with Crippen LogP contribution in [0.3, 0.4) is 0 Å². The van der Waals surface area contributed by atoms with Crippen LogP contribution in [0.15, 0.2) is 47.5 Å². The van der Waals surface area contributed by atoms with E-state index in [1.165, 1.54) is 10.1 Å². The molecule has 1 N–H and O–H groups in total. The molecule has 7 heteroatoms. The molecule has 0 unspecified atom stereocenters. The van der Waals surface area contributed by atoms with Crippen molar-refractivity contribution in [2.75, 3.05) is 26.7 Å². The summed E-state index contributed by atoms with van der Waals surface area (Å²) in [6, 6.07) is 9.83. The number of nitrogens with one attached hydrogen (secondary N) is 1. The van der Waals surface area contributed by atoms with E-state index in [1.807, 2.05) is 19.2 Å². The fourth-order valence-corrected chi connectivity index (χ4v) is 4.42.